The number of nitrogens with one attached hydrogen (secondary N) is 1. The molecule has 3 rings (SSSR count). The highest BCUT2D eigenvalue weighted by molar-refractivity contribution is 5.04. The van der Waals surface area contributed by atoms with Crippen molar-refractivity contribution in [2.75, 3.05) is 26.2 Å². The molecule has 0 radical (unpaired) electrons. The minimum atomic E-state index is 0.406. The molecule has 0 spiro atoms. The van der Waals surface area contributed by atoms with E-state index in [0.29, 0.717) is 17.7 Å². The summed E-state index contributed by atoms with van der Waals surface area (Å²) in [5, 5.41) is 3.82. The van der Waals surface area contributed by atoms with Crippen LogP contribution in [0, 0.1) is 5.92 Å². The van der Waals surface area contributed by atoms with Gasteiger partial charge in [-0.15, -0.1) is 0 Å². The SMILES string of the molecule is CCCC1CN(CCC2CCCO2)C(C)(C2CC2)CN1. The Morgan fingerprint density at radius 2 is 2.10 bits per heavy atom. The Morgan fingerprint density at radius 3 is 2.75 bits per heavy atom. The van der Waals surface area contributed by atoms with Crippen LogP contribution in [0.25, 0.3) is 0 Å². The first kappa shape index (κ1) is 14.8. The van der Waals surface area contributed by atoms with Crippen LogP contribution in [0.5, 0.6) is 0 Å². The molecule has 2 aliphatic heterocycles. The van der Waals surface area contributed by atoms with Crippen molar-refractivity contribution < 1.29 is 4.74 Å². The molecule has 3 fully saturated rings. The fraction of sp³-hybridized carbons (Fsp3) is 1.00. The molecule has 0 aromatic carbocycles. The lowest BCUT2D eigenvalue weighted by Gasteiger charge is -2.49. The van der Waals surface area contributed by atoms with Crippen LogP contribution in [-0.4, -0.2) is 48.8 Å². The molecule has 0 aromatic rings. The maximum Gasteiger partial charge on any atom is 0.0588 e. The van der Waals surface area contributed by atoms with E-state index < -0.39 is 0 Å². The van der Waals surface area contributed by atoms with Gasteiger partial charge in [0, 0.05) is 37.8 Å². The lowest BCUT2D eigenvalue weighted by molar-refractivity contribution is 0.0154. The van der Waals surface area contributed by atoms with Gasteiger partial charge in [0.2, 0.25) is 0 Å². The highest BCUT2D eigenvalue weighted by atomic mass is 16.5. The normalized spacial score (nSPS) is 39.3. The molecule has 1 aliphatic carbocycles. The lowest BCUT2D eigenvalue weighted by atomic mass is 9.88. The molecule has 2 saturated heterocycles. The van der Waals surface area contributed by atoms with Crippen LogP contribution in [0.4, 0.5) is 0 Å². The molecular weight excluding hydrogens is 248 g/mol. The zero-order valence-electron chi connectivity index (χ0n) is 13.4. The van der Waals surface area contributed by atoms with Gasteiger partial charge >= 0.3 is 0 Å². The summed E-state index contributed by atoms with van der Waals surface area (Å²) in [5.41, 5.74) is 0.406. The molecule has 1 N–H and O–H groups in total. The molecule has 1 saturated carbocycles. The van der Waals surface area contributed by atoms with Gasteiger partial charge in [-0.3, -0.25) is 4.90 Å². The summed E-state index contributed by atoms with van der Waals surface area (Å²) in [7, 11) is 0. The van der Waals surface area contributed by atoms with Crippen molar-refractivity contribution in [2.24, 2.45) is 5.92 Å². The first-order valence-electron chi connectivity index (χ1n) is 8.82. The lowest BCUT2D eigenvalue weighted by Crippen LogP contribution is -2.64. The van der Waals surface area contributed by atoms with E-state index in [-0.39, 0.29) is 0 Å². The Labute approximate surface area is 124 Å². The average molecular weight is 280 g/mol. The Kier molecular flexibility index (Phi) is 4.68. The zero-order valence-corrected chi connectivity index (χ0v) is 13.4. The predicted molar refractivity (Wildman–Crippen MR) is 83.0 cm³/mol. The predicted octanol–water partition coefficient (Wildman–Crippen LogP) is 2.80. The van der Waals surface area contributed by atoms with Gasteiger partial charge in [0.15, 0.2) is 0 Å². The van der Waals surface area contributed by atoms with E-state index in [2.05, 4.69) is 24.1 Å². The van der Waals surface area contributed by atoms with E-state index in [1.54, 1.807) is 0 Å². The first-order valence-corrected chi connectivity index (χ1v) is 8.82. The molecule has 3 aliphatic rings. The van der Waals surface area contributed by atoms with E-state index in [1.807, 2.05) is 0 Å². The van der Waals surface area contributed by atoms with Crippen LogP contribution in [0.15, 0.2) is 0 Å². The third-order valence-corrected chi connectivity index (χ3v) is 5.75. The van der Waals surface area contributed by atoms with Gasteiger partial charge in [0.05, 0.1) is 6.10 Å². The molecular formula is C17H32N2O. The van der Waals surface area contributed by atoms with Gasteiger partial charge in [-0.1, -0.05) is 13.3 Å². The topological polar surface area (TPSA) is 24.5 Å². The number of nitrogens with zero attached hydrogens (tertiary/aromatic N) is 1. The van der Waals surface area contributed by atoms with Crippen molar-refractivity contribution >= 4 is 0 Å². The quantitative estimate of drug-likeness (QED) is 0.810. The summed E-state index contributed by atoms with van der Waals surface area (Å²) < 4.78 is 5.82. The molecule has 2 heterocycles. The molecule has 0 amide bonds. The summed E-state index contributed by atoms with van der Waals surface area (Å²) in [5.74, 6) is 0.932. The number of piperazine rings is 1. The van der Waals surface area contributed by atoms with Crippen LogP contribution < -0.4 is 5.32 Å². The molecule has 0 bridgehead atoms. The fourth-order valence-electron chi connectivity index (χ4n) is 4.17. The van der Waals surface area contributed by atoms with Crippen molar-refractivity contribution in [2.45, 2.75) is 76.5 Å². The Bertz CT molecular complexity index is 312. The third kappa shape index (κ3) is 3.20. The van der Waals surface area contributed by atoms with Gasteiger partial charge in [-0.2, -0.15) is 0 Å². The van der Waals surface area contributed by atoms with E-state index >= 15 is 0 Å². The number of hydrogen-bond donors (Lipinski definition) is 1. The van der Waals surface area contributed by atoms with E-state index in [9.17, 15) is 0 Å². The van der Waals surface area contributed by atoms with Gasteiger partial charge in [0.1, 0.15) is 0 Å². The first-order chi connectivity index (χ1) is 9.72. The molecule has 116 valence electrons. The smallest absolute Gasteiger partial charge is 0.0588 e. The summed E-state index contributed by atoms with van der Waals surface area (Å²) in [6, 6.07) is 0.705. The standard InChI is InChI=1S/C17H32N2O/c1-3-5-15-12-19(10-9-16-6-4-11-20-16)17(2,13-18-15)14-7-8-14/h14-16,18H,3-13H2,1-2H3. The molecule has 20 heavy (non-hydrogen) atoms. The monoisotopic (exact) mass is 280 g/mol. The number of ether oxygens (including phenoxy) is 1. The minimum absolute atomic E-state index is 0.406. The largest absolute Gasteiger partial charge is 0.378 e. The summed E-state index contributed by atoms with van der Waals surface area (Å²) in [6.07, 6.45) is 9.81. The van der Waals surface area contributed by atoms with E-state index in [0.717, 1.165) is 12.5 Å². The maximum absolute atomic E-state index is 5.82. The van der Waals surface area contributed by atoms with Crippen LogP contribution in [-0.2, 0) is 4.74 Å². The third-order valence-electron chi connectivity index (χ3n) is 5.75. The van der Waals surface area contributed by atoms with E-state index in [1.165, 1.54) is 64.6 Å². The van der Waals surface area contributed by atoms with E-state index in [4.69, 9.17) is 4.74 Å². The van der Waals surface area contributed by atoms with Crippen molar-refractivity contribution in [1.29, 1.82) is 0 Å². The molecule has 0 aromatic heterocycles. The van der Waals surface area contributed by atoms with Crippen molar-refractivity contribution in [1.82, 2.24) is 10.2 Å². The average Bonchev–Trinajstić information content (AvgIpc) is 3.18. The highest BCUT2D eigenvalue weighted by Gasteiger charge is 2.47. The van der Waals surface area contributed by atoms with Crippen LogP contribution in [0.1, 0.15) is 58.8 Å². The van der Waals surface area contributed by atoms with Crippen LogP contribution in [0.2, 0.25) is 0 Å². The molecule has 3 heteroatoms. The molecule has 3 unspecified atom stereocenters. The van der Waals surface area contributed by atoms with Gasteiger partial charge in [-0.25, -0.2) is 0 Å². The maximum atomic E-state index is 5.82. The highest BCUT2D eigenvalue weighted by Crippen LogP contribution is 2.44. The Morgan fingerprint density at radius 1 is 1.25 bits per heavy atom. The van der Waals surface area contributed by atoms with Crippen LogP contribution in [0.3, 0.4) is 0 Å². The number of rotatable bonds is 6. The molecule has 3 nitrogen and oxygen atoms in total. The Hall–Kier alpha value is -0.120. The van der Waals surface area contributed by atoms with Gasteiger partial charge in [0.25, 0.3) is 0 Å². The zero-order chi connectivity index (χ0) is 14.0. The van der Waals surface area contributed by atoms with Gasteiger partial charge < -0.3 is 10.1 Å². The second-order valence-corrected chi connectivity index (χ2v) is 7.37. The van der Waals surface area contributed by atoms with Crippen molar-refractivity contribution in [3.63, 3.8) is 0 Å². The van der Waals surface area contributed by atoms with Crippen molar-refractivity contribution in [3.05, 3.63) is 0 Å². The van der Waals surface area contributed by atoms with Gasteiger partial charge in [-0.05, 0) is 51.4 Å². The number of hydrogen-bond acceptors (Lipinski definition) is 3. The minimum Gasteiger partial charge on any atom is -0.378 e. The Balaban J connectivity index is 1.58. The summed E-state index contributed by atoms with van der Waals surface area (Å²) in [4.78, 5) is 2.81. The second kappa shape index (κ2) is 6.33. The summed E-state index contributed by atoms with van der Waals surface area (Å²) >= 11 is 0. The van der Waals surface area contributed by atoms with Crippen molar-refractivity contribution in [3.8, 4) is 0 Å². The van der Waals surface area contributed by atoms with Crippen LogP contribution >= 0.6 is 0 Å². The fourth-order valence-corrected chi connectivity index (χ4v) is 4.17. The molecule has 3 atom stereocenters. The summed E-state index contributed by atoms with van der Waals surface area (Å²) in [6.45, 7) is 9.45. The second-order valence-electron chi connectivity index (χ2n) is 7.37.